The summed E-state index contributed by atoms with van der Waals surface area (Å²) >= 11 is 4.78. The van der Waals surface area contributed by atoms with Crippen molar-refractivity contribution in [3.63, 3.8) is 0 Å². The van der Waals surface area contributed by atoms with E-state index >= 15 is 0 Å². The summed E-state index contributed by atoms with van der Waals surface area (Å²) in [5.41, 5.74) is 8.99. The number of nitrogens with zero attached hydrogens (tertiary/aromatic N) is 2. The van der Waals surface area contributed by atoms with Gasteiger partial charge in [-0.15, -0.1) is 0 Å². The Labute approximate surface area is 149 Å². The monoisotopic (exact) mass is 341 g/mol. The maximum atomic E-state index is 5.40. The van der Waals surface area contributed by atoms with Crippen molar-refractivity contribution in [3.8, 4) is 0 Å². The van der Waals surface area contributed by atoms with Crippen LogP contribution in [0.3, 0.4) is 0 Å². The van der Waals surface area contributed by atoms with Gasteiger partial charge in [0.15, 0.2) is 17.5 Å². The predicted molar refractivity (Wildman–Crippen MR) is 106 cm³/mol. The molecule has 2 aromatic rings. The van der Waals surface area contributed by atoms with E-state index in [4.69, 9.17) is 18.0 Å². The van der Waals surface area contributed by atoms with E-state index in [1.165, 1.54) is 16.8 Å². The van der Waals surface area contributed by atoms with Crippen LogP contribution in [0.2, 0.25) is 0 Å². The number of aryl methyl sites for hydroxylation is 1. The Bertz CT molecular complexity index is 676. The van der Waals surface area contributed by atoms with Gasteiger partial charge in [0.2, 0.25) is 0 Å². The molecule has 0 saturated carbocycles. The third-order valence-electron chi connectivity index (χ3n) is 3.69. The van der Waals surface area contributed by atoms with Crippen LogP contribution in [0.4, 0.5) is 5.69 Å². The Hall–Kier alpha value is -2.40. The van der Waals surface area contributed by atoms with Crippen LogP contribution in [0.5, 0.6) is 0 Å². The lowest BCUT2D eigenvalue weighted by atomic mass is 10.1. The highest BCUT2D eigenvalue weighted by molar-refractivity contribution is 7.80. The molecule has 1 heterocycles. The lowest BCUT2D eigenvalue weighted by Gasteiger charge is -2.11. The lowest BCUT2D eigenvalue weighted by Crippen LogP contribution is -2.36. The number of aromatic nitrogens is 1. The van der Waals surface area contributed by atoms with E-state index in [1.54, 1.807) is 0 Å². The normalized spacial score (nSPS) is 10.8. The van der Waals surface area contributed by atoms with Gasteiger partial charge in [0.25, 0.3) is 0 Å². The maximum absolute atomic E-state index is 5.40. The smallest absolute Gasteiger partial charge is 0.169 e. The third-order valence-corrected chi connectivity index (χ3v) is 3.83. The highest BCUT2D eigenvalue weighted by Crippen LogP contribution is 2.14. The Balaban J connectivity index is 1.87. The second-order valence-corrected chi connectivity index (χ2v) is 6.27. The zero-order valence-electron chi connectivity index (χ0n) is 14.3. The second-order valence-electron chi connectivity index (χ2n) is 5.83. The minimum absolute atomic E-state index is 0.360. The van der Waals surface area contributed by atoms with Crippen molar-refractivity contribution in [1.82, 2.24) is 5.32 Å². The fraction of sp³-hybridized carbons (Fsp3) is 0.263. The quantitative estimate of drug-likeness (QED) is 0.461. The molecule has 0 atom stereocenters. The zero-order chi connectivity index (χ0) is 17.4. The molecule has 3 N–H and O–H groups in total. The van der Waals surface area contributed by atoms with Gasteiger partial charge in [0, 0.05) is 44.9 Å². The Morgan fingerprint density at radius 1 is 1.08 bits per heavy atom. The average molecular weight is 342 g/mol. The van der Waals surface area contributed by atoms with E-state index in [2.05, 4.69) is 75.7 Å². The van der Waals surface area contributed by atoms with Crippen LogP contribution in [0.1, 0.15) is 17.5 Å². The fourth-order valence-corrected chi connectivity index (χ4v) is 2.38. The molecule has 1 aromatic carbocycles. The van der Waals surface area contributed by atoms with E-state index in [0.717, 1.165) is 19.5 Å². The fourth-order valence-electron chi connectivity index (χ4n) is 2.28. The molecule has 0 amide bonds. The third kappa shape index (κ3) is 6.01. The second kappa shape index (κ2) is 9.03. The first-order chi connectivity index (χ1) is 11.5. The predicted octanol–water partition coefficient (Wildman–Crippen LogP) is 2.43. The van der Waals surface area contributed by atoms with Crippen LogP contribution in [0, 0.1) is 0 Å². The summed E-state index contributed by atoms with van der Waals surface area (Å²) in [7, 11) is 4.09. The molecule has 2 rings (SSSR count). The van der Waals surface area contributed by atoms with Gasteiger partial charge >= 0.3 is 0 Å². The molecule has 0 bridgehead atoms. The summed E-state index contributed by atoms with van der Waals surface area (Å²) in [6.07, 6.45) is 9.43. The van der Waals surface area contributed by atoms with E-state index < -0.39 is 0 Å². The maximum Gasteiger partial charge on any atom is 0.169 e. The first-order valence-electron chi connectivity index (χ1n) is 8.02. The van der Waals surface area contributed by atoms with Gasteiger partial charge in [-0.25, -0.2) is 4.57 Å². The number of pyridine rings is 1. The number of thiocarbonyl (C=S) groups is 1. The lowest BCUT2D eigenvalue weighted by molar-refractivity contribution is -0.697. The van der Waals surface area contributed by atoms with Crippen molar-refractivity contribution in [2.75, 3.05) is 25.5 Å². The number of benzene rings is 1. The van der Waals surface area contributed by atoms with Crippen molar-refractivity contribution >= 4 is 35.2 Å². The first kappa shape index (κ1) is 17.9. The molecule has 5 heteroatoms. The molecule has 0 aliphatic heterocycles. The van der Waals surface area contributed by atoms with Crippen LogP contribution >= 0.6 is 12.2 Å². The van der Waals surface area contributed by atoms with E-state index in [1.807, 2.05) is 14.1 Å². The molecule has 0 unspecified atom stereocenters. The SMILES string of the molecule is CN(C)c1ccc(/C=C/c2cc[n+](CCCNC(N)=S)cc2)cc1. The van der Waals surface area contributed by atoms with Crippen molar-refractivity contribution in [2.45, 2.75) is 13.0 Å². The summed E-state index contributed by atoms with van der Waals surface area (Å²) in [5.74, 6) is 0. The molecule has 0 aliphatic carbocycles. The van der Waals surface area contributed by atoms with Crippen molar-refractivity contribution in [2.24, 2.45) is 5.73 Å². The molecule has 0 radical (unpaired) electrons. The number of hydrogen-bond donors (Lipinski definition) is 2. The minimum atomic E-state index is 0.360. The van der Waals surface area contributed by atoms with Gasteiger partial charge in [-0.2, -0.15) is 0 Å². The number of nitrogens with two attached hydrogens (primary N) is 1. The van der Waals surface area contributed by atoms with Gasteiger partial charge < -0.3 is 16.0 Å². The Morgan fingerprint density at radius 3 is 2.21 bits per heavy atom. The van der Waals surface area contributed by atoms with Gasteiger partial charge in [-0.3, -0.25) is 0 Å². The number of hydrogen-bond acceptors (Lipinski definition) is 2. The molecule has 24 heavy (non-hydrogen) atoms. The first-order valence-corrected chi connectivity index (χ1v) is 8.43. The van der Waals surface area contributed by atoms with Crippen LogP contribution in [-0.2, 0) is 6.54 Å². The molecular weight excluding hydrogens is 316 g/mol. The van der Waals surface area contributed by atoms with Gasteiger partial charge in [0.05, 0.1) is 0 Å². The summed E-state index contributed by atoms with van der Waals surface area (Å²) in [6, 6.07) is 12.7. The molecule has 0 fully saturated rings. The Morgan fingerprint density at radius 2 is 1.67 bits per heavy atom. The summed E-state index contributed by atoms with van der Waals surface area (Å²) in [6.45, 7) is 1.73. The highest BCUT2D eigenvalue weighted by atomic mass is 32.1. The zero-order valence-corrected chi connectivity index (χ0v) is 15.1. The molecule has 0 saturated heterocycles. The summed E-state index contributed by atoms with van der Waals surface area (Å²) < 4.78 is 2.16. The Kier molecular flexibility index (Phi) is 6.75. The minimum Gasteiger partial charge on any atom is -0.378 e. The molecule has 0 aliphatic rings. The largest absolute Gasteiger partial charge is 0.378 e. The molecule has 0 spiro atoms. The van der Waals surface area contributed by atoms with E-state index in [-0.39, 0.29) is 0 Å². The number of nitrogens with one attached hydrogen (secondary N) is 1. The molecule has 126 valence electrons. The van der Waals surface area contributed by atoms with Gasteiger partial charge in [-0.05, 0) is 35.5 Å². The van der Waals surface area contributed by atoms with Crippen LogP contribution in [-0.4, -0.2) is 25.8 Å². The van der Waals surface area contributed by atoms with Crippen LogP contribution in [0.15, 0.2) is 48.8 Å². The average Bonchev–Trinajstić information content (AvgIpc) is 2.58. The highest BCUT2D eigenvalue weighted by Gasteiger charge is 2.00. The summed E-state index contributed by atoms with van der Waals surface area (Å²) in [5, 5.41) is 3.32. The summed E-state index contributed by atoms with van der Waals surface area (Å²) in [4.78, 5) is 2.10. The number of rotatable bonds is 7. The van der Waals surface area contributed by atoms with Crippen LogP contribution in [0.25, 0.3) is 12.2 Å². The molecule has 4 nitrogen and oxygen atoms in total. The van der Waals surface area contributed by atoms with Crippen molar-refractivity contribution in [1.29, 1.82) is 0 Å². The van der Waals surface area contributed by atoms with Crippen LogP contribution < -0.4 is 20.5 Å². The van der Waals surface area contributed by atoms with Crippen molar-refractivity contribution in [3.05, 3.63) is 59.9 Å². The standard InChI is InChI=1S/C19H24N4S/c1-22(2)18-8-6-16(7-9-18)4-5-17-10-14-23(15-11-17)13-3-12-21-19(20)24/h4-11,14-15H,3,12-13H2,1-2H3,(H2-,20,21,24)/p+1. The topological polar surface area (TPSA) is 45.2 Å². The van der Waals surface area contributed by atoms with E-state index in [0.29, 0.717) is 5.11 Å². The van der Waals surface area contributed by atoms with Gasteiger partial charge in [-0.1, -0.05) is 24.3 Å². The van der Waals surface area contributed by atoms with E-state index in [9.17, 15) is 0 Å². The molecular formula is C19H25N4S+. The molecule has 1 aromatic heterocycles. The van der Waals surface area contributed by atoms with Gasteiger partial charge in [0.1, 0.15) is 6.54 Å². The van der Waals surface area contributed by atoms with Crippen molar-refractivity contribution < 1.29 is 4.57 Å². The number of anilines is 1.